The SMILES string of the molecule is CCC(C)NC(=O)C(C)(C)C(=O)N1CCN(c2cccc(C)c2)CC1. The lowest BCUT2D eigenvalue weighted by Crippen LogP contribution is -2.56. The first-order valence-corrected chi connectivity index (χ1v) is 9.17. The van der Waals surface area contributed by atoms with Crippen LogP contribution in [-0.4, -0.2) is 48.9 Å². The van der Waals surface area contributed by atoms with Gasteiger partial charge in [0.25, 0.3) is 0 Å². The summed E-state index contributed by atoms with van der Waals surface area (Å²) in [5.41, 5.74) is 1.40. The minimum atomic E-state index is -1.03. The Kier molecular flexibility index (Phi) is 6.09. The normalized spacial score (nSPS) is 16.5. The van der Waals surface area contributed by atoms with Gasteiger partial charge in [-0.05, 0) is 51.8 Å². The summed E-state index contributed by atoms with van der Waals surface area (Å²) in [5, 5.41) is 2.93. The standard InChI is InChI=1S/C20H31N3O2/c1-6-16(3)21-18(24)20(4,5)19(25)23-12-10-22(11-13-23)17-9-7-8-15(2)14-17/h7-9,14,16H,6,10-13H2,1-5H3,(H,21,24). The van der Waals surface area contributed by atoms with Crippen molar-refractivity contribution in [3.05, 3.63) is 29.8 Å². The number of benzene rings is 1. The maximum Gasteiger partial charge on any atom is 0.237 e. The molecule has 0 spiro atoms. The number of hydrogen-bond donors (Lipinski definition) is 1. The molecular formula is C20H31N3O2. The number of nitrogens with one attached hydrogen (secondary N) is 1. The highest BCUT2D eigenvalue weighted by atomic mass is 16.2. The Morgan fingerprint density at radius 3 is 2.40 bits per heavy atom. The smallest absolute Gasteiger partial charge is 0.237 e. The highest BCUT2D eigenvalue weighted by molar-refractivity contribution is 6.04. The topological polar surface area (TPSA) is 52.7 Å². The molecule has 0 saturated carbocycles. The fourth-order valence-electron chi connectivity index (χ4n) is 2.99. The molecule has 1 aliphatic rings. The molecule has 5 heteroatoms. The average Bonchev–Trinajstić information content (AvgIpc) is 2.61. The monoisotopic (exact) mass is 345 g/mol. The van der Waals surface area contributed by atoms with Crippen LogP contribution in [0.25, 0.3) is 0 Å². The zero-order valence-corrected chi connectivity index (χ0v) is 16.1. The maximum atomic E-state index is 12.9. The third kappa shape index (κ3) is 4.53. The molecule has 0 bridgehead atoms. The summed E-state index contributed by atoms with van der Waals surface area (Å²) in [7, 11) is 0. The highest BCUT2D eigenvalue weighted by Crippen LogP contribution is 2.23. The number of rotatable bonds is 5. The van der Waals surface area contributed by atoms with Gasteiger partial charge in [-0.15, -0.1) is 0 Å². The summed E-state index contributed by atoms with van der Waals surface area (Å²) >= 11 is 0. The Labute approximate surface area is 151 Å². The minimum absolute atomic E-state index is 0.0812. The van der Waals surface area contributed by atoms with E-state index in [-0.39, 0.29) is 17.9 Å². The molecule has 1 fully saturated rings. The Morgan fingerprint density at radius 2 is 1.84 bits per heavy atom. The number of hydrogen-bond acceptors (Lipinski definition) is 3. The van der Waals surface area contributed by atoms with Crippen LogP contribution in [-0.2, 0) is 9.59 Å². The second-order valence-corrected chi connectivity index (χ2v) is 7.53. The van der Waals surface area contributed by atoms with Gasteiger partial charge in [0.1, 0.15) is 5.41 Å². The zero-order valence-electron chi connectivity index (χ0n) is 16.1. The molecule has 1 aromatic carbocycles. The molecule has 0 aliphatic carbocycles. The summed E-state index contributed by atoms with van der Waals surface area (Å²) in [4.78, 5) is 29.5. The van der Waals surface area contributed by atoms with Gasteiger partial charge in [-0.2, -0.15) is 0 Å². The van der Waals surface area contributed by atoms with E-state index in [0.29, 0.717) is 13.1 Å². The van der Waals surface area contributed by atoms with Gasteiger partial charge in [0.2, 0.25) is 11.8 Å². The third-order valence-electron chi connectivity index (χ3n) is 5.03. The van der Waals surface area contributed by atoms with Crippen molar-refractivity contribution in [2.45, 2.75) is 47.1 Å². The Balaban J connectivity index is 1.97. The van der Waals surface area contributed by atoms with Crippen LogP contribution in [0.4, 0.5) is 5.69 Å². The van der Waals surface area contributed by atoms with Gasteiger partial charge < -0.3 is 15.1 Å². The molecule has 2 amide bonds. The van der Waals surface area contributed by atoms with Gasteiger partial charge in [-0.3, -0.25) is 9.59 Å². The fraction of sp³-hybridized carbons (Fsp3) is 0.600. The lowest BCUT2D eigenvalue weighted by molar-refractivity contribution is -0.149. The van der Waals surface area contributed by atoms with Crippen molar-refractivity contribution in [2.75, 3.05) is 31.1 Å². The second kappa shape index (κ2) is 7.89. The molecule has 1 unspecified atom stereocenters. The Bertz CT molecular complexity index is 619. The first kappa shape index (κ1) is 19.3. The molecular weight excluding hydrogens is 314 g/mol. The Hall–Kier alpha value is -2.04. The minimum Gasteiger partial charge on any atom is -0.368 e. The predicted octanol–water partition coefficient (Wildman–Crippen LogP) is 2.58. The van der Waals surface area contributed by atoms with E-state index in [1.54, 1.807) is 13.8 Å². The Morgan fingerprint density at radius 1 is 1.20 bits per heavy atom. The summed E-state index contributed by atoms with van der Waals surface area (Å²) in [6, 6.07) is 8.50. The number of piperazine rings is 1. The molecule has 1 aromatic rings. The van der Waals surface area contributed by atoms with Crippen LogP contribution in [0, 0.1) is 12.3 Å². The predicted molar refractivity (Wildman–Crippen MR) is 102 cm³/mol. The van der Waals surface area contributed by atoms with Crippen molar-refractivity contribution in [2.24, 2.45) is 5.41 Å². The molecule has 0 aromatic heterocycles. The highest BCUT2D eigenvalue weighted by Gasteiger charge is 2.40. The van der Waals surface area contributed by atoms with Gasteiger partial charge >= 0.3 is 0 Å². The molecule has 1 atom stereocenters. The van der Waals surface area contributed by atoms with Crippen molar-refractivity contribution in [1.29, 1.82) is 0 Å². The number of carbonyl (C=O) groups is 2. The van der Waals surface area contributed by atoms with Crippen LogP contribution in [0.5, 0.6) is 0 Å². The summed E-state index contributed by atoms with van der Waals surface area (Å²) in [6.45, 7) is 12.4. The molecule has 1 N–H and O–H groups in total. The van der Waals surface area contributed by atoms with Gasteiger partial charge in [-0.25, -0.2) is 0 Å². The van der Waals surface area contributed by atoms with E-state index in [0.717, 1.165) is 19.5 Å². The quantitative estimate of drug-likeness (QED) is 0.835. The maximum absolute atomic E-state index is 12.9. The van der Waals surface area contributed by atoms with Crippen molar-refractivity contribution in [3.63, 3.8) is 0 Å². The fourth-order valence-corrected chi connectivity index (χ4v) is 2.99. The first-order chi connectivity index (χ1) is 11.8. The van der Waals surface area contributed by atoms with E-state index in [9.17, 15) is 9.59 Å². The average molecular weight is 345 g/mol. The van der Waals surface area contributed by atoms with E-state index in [1.165, 1.54) is 11.3 Å². The van der Waals surface area contributed by atoms with Gasteiger partial charge in [0.15, 0.2) is 0 Å². The molecule has 25 heavy (non-hydrogen) atoms. The van der Waals surface area contributed by atoms with Crippen molar-refractivity contribution >= 4 is 17.5 Å². The van der Waals surface area contributed by atoms with Crippen LogP contribution in [0.3, 0.4) is 0 Å². The van der Waals surface area contributed by atoms with Crippen molar-refractivity contribution in [1.82, 2.24) is 10.2 Å². The van der Waals surface area contributed by atoms with E-state index in [4.69, 9.17) is 0 Å². The van der Waals surface area contributed by atoms with E-state index in [1.807, 2.05) is 18.7 Å². The number of aryl methyl sites for hydroxylation is 1. The van der Waals surface area contributed by atoms with Gasteiger partial charge in [0.05, 0.1) is 0 Å². The summed E-state index contributed by atoms with van der Waals surface area (Å²) in [5.74, 6) is -0.273. The lowest BCUT2D eigenvalue weighted by Gasteiger charge is -2.39. The molecule has 2 rings (SSSR count). The summed E-state index contributed by atoms with van der Waals surface area (Å²) < 4.78 is 0. The zero-order chi connectivity index (χ0) is 18.6. The van der Waals surface area contributed by atoms with E-state index >= 15 is 0 Å². The van der Waals surface area contributed by atoms with E-state index in [2.05, 4.69) is 41.4 Å². The molecule has 5 nitrogen and oxygen atoms in total. The van der Waals surface area contributed by atoms with Crippen LogP contribution in [0.1, 0.15) is 39.7 Å². The first-order valence-electron chi connectivity index (χ1n) is 9.17. The van der Waals surface area contributed by atoms with E-state index < -0.39 is 5.41 Å². The van der Waals surface area contributed by atoms with Gasteiger partial charge in [0, 0.05) is 37.9 Å². The van der Waals surface area contributed by atoms with Crippen molar-refractivity contribution in [3.8, 4) is 0 Å². The van der Waals surface area contributed by atoms with Crippen LogP contribution < -0.4 is 10.2 Å². The summed E-state index contributed by atoms with van der Waals surface area (Å²) in [6.07, 6.45) is 0.852. The number of carbonyl (C=O) groups excluding carboxylic acids is 2. The lowest BCUT2D eigenvalue weighted by atomic mass is 9.89. The molecule has 1 heterocycles. The second-order valence-electron chi connectivity index (χ2n) is 7.53. The third-order valence-corrected chi connectivity index (χ3v) is 5.03. The van der Waals surface area contributed by atoms with Crippen LogP contribution >= 0.6 is 0 Å². The number of amides is 2. The largest absolute Gasteiger partial charge is 0.368 e. The van der Waals surface area contributed by atoms with Gasteiger partial charge in [-0.1, -0.05) is 19.1 Å². The molecule has 1 saturated heterocycles. The molecule has 138 valence electrons. The molecule has 0 radical (unpaired) electrons. The van der Waals surface area contributed by atoms with Crippen molar-refractivity contribution < 1.29 is 9.59 Å². The van der Waals surface area contributed by atoms with Crippen LogP contribution in [0.2, 0.25) is 0 Å². The van der Waals surface area contributed by atoms with Crippen LogP contribution in [0.15, 0.2) is 24.3 Å². The number of anilines is 1. The number of nitrogens with zero attached hydrogens (tertiary/aromatic N) is 2. The molecule has 1 aliphatic heterocycles.